The van der Waals surface area contributed by atoms with Gasteiger partial charge in [-0.3, -0.25) is 14.4 Å². The van der Waals surface area contributed by atoms with Gasteiger partial charge in [-0.25, -0.2) is 13.8 Å². The number of carbonyl (C=O) groups excluding carboxylic acids is 1. The zero-order chi connectivity index (χ0) is 19.7. The highest BCUT2D eigenvalue weighted by Gasteiger charge is 2.24. The normalized spacial score (nSPS) is 11.1. The highest BCUT2D eigenvalue weighted by Crippen LogP contribution is 2.32. The minimum Gasteiger partial charge on any atom is -0.309 e. The number of nitrogens with zero attached hydrogens (tertiary/aromatic N) is 5. The van der Waals surface area contributed by atoms with E-state index in [1.54, 1.807) is 13.1 Å². The largest absolute Gasteiger partial charge is 0.309 e. The summed E-state index contributed by atoms with van der Waals surface area (Å²) in [5.74, 6) is -1.66. The summed E-state index contributed by atoms with van der Waals surface area (Å²) in [6.45, 7) is 3.00. The van der Waals surface area contributed by atoms with E-state index in [2.05, 4.69) is 10.1 Å². The fourth-order valence-corrected chi connectivity index (χ4v) is 3.87. The molecule has 2 aromatic heterocycles. The molecule has 2 heterocycles. The van der Waals surface area contributed by atoms with Gasteiger partial charge in [0, 0.05) is 19.7 Å². The Morgan fingerprint density at radius 3 is 2.54 bits per heavy atom. The Bertz CT molecular complexity index is 988. The maximum absolute atomic E-state index is 14.1. The standard InChI is InChI=1S/C18H21F2N5OS.ClH/c1-11-8-14(24(4)22-11)17(26)25(7-5-6-23(2)3)18-21-16-13(20)9-12(19)10-15(16)27-18;/h8-10H,5-7H2,1-4H3;1H. The van der Waals surface area contributed by atoms with Gasteiger partial charge in [-0.05, 0) is 46.1 Å². The van der Waals surface area contributed by atoms with Gasteiger partial charge >= 0.3 is 0 Å². The quantitative estimate of drug-likeness (QED) is 0.600. The first-order valence-corrected chi connectivity index (χ1v) is 9.30. The van der Waals surface area contributed by atoms with E-state index in [1.165, 1.54) is 15.6 Å². The third kappa shape index (κ3) is 4.65. The predicted octanol–water partition coefficient (Wildman–Crippen LogP) is 3.64. The van der Waals surface area contributed by atoms with Crippen molar-refractivity contribution in [1.82, 2.24) is 19.7 Å². The van der Waals surface area contributed by atoms with Gasteiger partial charge in [0.05, 0.1) is 10.4 Å². The third-order valence-corrected chi connectivity index (χ3v) is 5.11. The molecule has 6 nitrogen and oxygen atoms in total. The van der Waals surface area contributed by atoms with Gasteiger partial charge in [0.2, 0.25) is 0 Å². The second kappa shape index (κ2) is 8.93. The van der Waals surface area contributed by atoms with Gasteiger partial charge in [0.1, 0.15) is 17.0 Å². The van der Waals surface area contributed by atoms with Crippen molar-refractivity contribution in [1.29, 1.82) is 0 Å². The van der Waals surface area contributed by atoms with Gasteiger partial charge in [0.25, 0.3) is 5.91 Å². The van der Waals surface area contributed by atoms with Gasteiger partial charge in [0.15, 0.2) is 10.9 Å². The van der Waals surface area contributed by atoms with Crippen molar-refractivity contribution in [3.63, 3.8) is 0 Å². The van der Waals surface area contributed by atoms with E-state index in [9.17, 15) is 13.6 Å². The van der Waals surface area contributed by atoms with Crippen LogP contribution in [-0.2, 0) is 7.05 Å². The molecule has 0 spiro atoms. The van der Waals surface area contributed by atoms with Crippen LogP contribution in [0.25, 0.3) is 10.2 Å². The van der Waals surface area contributed by atoms with Crippen molar-refractivity contribution < 1.29 is 13.6 Å². The molecule has 0 unspecified atom stereocenters. The molecule has 0 N–H and O–H groups in total. The fraction of sp³-hybridized carbons (Fsp3) is 0.389. The number of aromatic nitrogens is 3. The highest BCUT2D eigenvalue weighted by molar-refractivity contribution is 7.22. The van der Waals surface area contributed by atoms with E-state index in [0.29, 0.717) is 28.5 Å². The average Bonchev–Trinajstić information content (AvgIpc) is 3.13. The summed E-state index contributed by atoms with van der Waals surface area (Å²) in [7, 11) is 5.60. The lowest BCUT2D eigenvalue weighted by molar-refractivity contribution is 0.0977. The number of amides is 1. The molecule has 0 fully saturated rings. The van der Waals surface area contributed by atoms with Crippen LogP contribution in [0.3, 0.4) is 0 Å². The SMILES string of the molecule is Cc1cc(C(=O)N(CCCN(C)C)c2nc3c(F)cc(F)cc3s2)n(C)n1.Cl. The van der Waals surface area contributed by atoms with Crippen LogP contribution in [0.4, 0.5) is 13.9 Å². The summed E-state index contributed by atoms with van der Waals surface area (Å²) >= 11 is 1.10. The number of halogens is 3. The van der Waals surface area contributed by atoms with Gasteiger partial charge in [-0.15, -0.1) is 12.4 Å². The topological polar surface area (TPSA) is 54.3 Å². The van der Waals surface area contributed by atoms with Crippen molar-refractivity contribution in [3.05, 3.63) is 41.2 Å². The number of rotatable bonds is 6. The lowest BCUT2D eigenvalue weighted by Gasteiger charge is -2.20. The number of anilines is 1. The Kier molecular flexibility index (Phi) is 7.08. The number of hydrogen-bond acceptors (Lipinski definition) is 5. The summed E-state index contributed by atoms with van der Waals surface area (Å²) in [6, 6.07) is 3.74. The van der Waals surface area contributed by atoms with Crippen molar-refractivity contribution in [2.24, 2.45) is 7.05 Å². The Morgan fingerprint density at radius 2 is 1.93 bits per heavy atom. The van der Waals surface area contributed by atoms with E-state index >= 15 is 0 Å². The summed E-state index contributed by atoms with van der Waals surface area (Å²) in [5.41, 5.74) is 1.22. The van der Waals surface area contributed by atoms with Crippen LogP contribution in [0.1, 0.15) is 22.6 Å². The molecule has 0 aliphatic carbocycles. The molecule has 0 bridgehead atoms. The Hall–Kier alpha value is -2.10. The van der Waals surface area contributed by atoms with E-state index in [0.717, 1.165) is 29.6 Å². The molecule has 152 valence electrons. The van der Waals surface area contributed by atoms with Crippen molar-refractivity contribution >= 4 is 45.0 Å². The molecule has 0 atom stereocenters. The van der Waals surface area contributed by atoms with Crippen LogP contribution >= 0.6 is 23.7 Å². The number of hydrogen-bond donors (Lipinski definition) is 0. The molecule has 1 amide bonds. The van der Waals surface area contributed by atoms with Gasteiger partial charge in [-0.2, -0.15) is 5.10 Å². The third-order valence-electron chi connectivity index (χ3n) is 4.09. The molecule has 3 rings (SSSR count). The fourth-order valence-electron chi connectivity index (χ4n) is 2.84. The van der Waals surface area contributed by atoms with E-state index in [-0.39, 0.29) is 23.8 Å². The number of carbonyl (C=O) groups is 1. The first kappa shape index (κ1) is 22.2. The molecule has 28 heavy (non-hydrogen) atoms. The first-order chi connectivity index (χ1) is 12.8. The maximum Gasteiger partial charge on any atom is 0.278 e. The predicted molar refractivity (Wildman–Crippen MR) is 110 cm³/mol. The molecule has 0 aliphatic rings. The zero-order valence-corrected chi connectivity index (χ0v) is 17.7. The Labute approximate surface area is 172 Å². The van der Waals surface area contributed by atoms with E-state index < -0.39 is 11.6 Å². The minimum absolute atomic E-state index is 0. The van der Waals surface area contributed by atoms with E-state index in [4.69, 9.17) is 0 Å². The molecule has 0 radical (unpaired) electrons. The summed E-state index contributed by atoms with van der Waals surface area (Å²) < 4.78 is 29.5. The number of fused-ring (bicyclic) bond motifs is 1. The molecule has 10 heteroatoms. The molecular weight excluding hydrogens is 408 g/mol. The van der Waals surface area contributed by atoms with E-state index in [1.807, 2.05) is 25.9 Å². The smallest absolute Gasteiger partial charge is 0.278 e. The van der Waals surface area contributed by atoms with Crippen molar-refractivity contribution in [3.8, 4) is 0 Å². The molecular formula is C18H22ClF2N5OS. The summed E-state index contributed by atoms with van der Waals surface area (Å²) in [5, 5.41) is 4.56. The molecule has 0 aliphatic heterocycles. The second-order valence-electron chi connectivity index (χ2n) is 6.64. The van der Waals surface area contributed by atoms with Crippen LogP contribution in [-0.4, -0.2) is 52.8 Å². The average molecular weight is 430 g/mol. The zero-order valence-electron chi connectivity index (χ0n) is 16.1. The summed E-state index contributed by atoms with van der Waals surface area (Å²) in [4.78, 5) is 20.9. The monoisotopic (exact) mass is 429 g/mol. The Morgan fingerprint density at radius 1 is 1.21 bits per heavy atom. The van der Waals surface area contributed by atoms with Crippen LogP contribution in [0.15, 0.2) is 18.2 Å². The maximum atomic E-state index is 14.1. The lowest BCUT2D eigenvalue weighted by Crippen LogP contribution is -2.34. The van der Waals surface area contributed by atoms with Crippen molar-refractivity contribution in [2.75, 3.05) is 32.1 Å². The number of benzene rings is 1. The lowest BCUT2D eigenvalue weighted by atomic mass is 10.3. The van der Waals surface area contributed by atoms with Crippen LogP contribution in [0, 0.1) is 18.6 Å². The second-order valence-corrected chi connectivity index (χ2v) is 7.65. The van der Waals surface area contributed by atoms with Crippen LogP contribution in [0.5, 0.6) is 0 Å². The van der Waals surface area contributed by atoms with Crippen LogP contribution < -0.4 is 4.90 Å². The van der Waals surface area contributed by atoms with Gasteiger partial charge in [-0.1, -0.05) is 11.3 Å². The molecule has 3 aromatic rings. The minimum atomic E-state index is -0.732. The Balaban J connectivity index is 0.00000280. The number of thiazole rings is 1. The van der Waals surface area contributed by atoms with Crippen LogP contribution in [0.2, 0.25) is 0 Å². The summed E-state index contributed by atoms with van der Waals surface area (Å²) in [6.07, 6.45) is 0.711. The number of aryl methyl sites for hydroxylation is 2. The molecule has 0 saturated heterocycles. The highest BCUT2D eigenvalue weighted by atomic mass is 35.5. The van der Waals surface area contributed by atoms with Gasteiger partial charge < -0.3 is 4.90 Å². The van der Waals surface area contributed by atoms with Crippen molar-refractivity contribution in [2.45, 2.75) is 13.3 Å². The first-order valence-electron chi connectivity index (χ1n) is 8.49. The molecule has 0 saturated carbocycles. The molecule has 1 aromatic carbocycles.